The van der Waals surface area contributed by atoms with Crippen molar-refractivity contribution in [1.82, 2.24) is 4.98 Å². The molecule has 0 unspecified atom stereocenters. The summed E-state index contributed by atoms with van der Waals surface area (Å²) in [7, 11) is 1.63. The first-order valence-corrected chi connectivity index (χ1v) is 5.97. The van der Waals surface area contributed by atoms with Gasteiger partial charge in [0.15, 0.2) is 0 Å². The molecular weight excluding hydrogens is 230 g/mol. The van der Waals surface area contributed by atoms with Gasteiger partial charge in [0.25, 0.3) is 0 Å². The molecule has 1 N–H and O–H groups in total. The number of aromatic nitrogens is 1. The average molecular weight is 247 g/mol. The van der Waals surface area contributed by atoms with Crippen LogP contribution in [0.1, 0.15) is 18.2 Å². The Morgan fingerprint density at radius 3 is 2.83 bits per heavy atom. The van der Waals surface area contributed by atoms with E-state index >= 15 is 0 Å². The largest absolute Gasteiger partial charge is 0.496 e. The first kappa shape index (κ1) is 12.5. The van der Waals surface area contributed by atoms with Crippen molar-refractivity contribution < 1.29 is 14.3 Å². The molecule has 0 spiro atoms. The fourth-order valence-electron chi connectivity index (χ4n) is 2.16. The highest BCUT2D eigenvalue weighted by Crippen LogP contribution is 2.31. The predicted molar refractivity (Wildman–Crippen MR) is 69.9 cm³/mol. The Balaban J connectivity index is 2.48. The van der Waals surface area contributed by atoms with Crippen molar-refractivity contribution in [2.45, 2.75) is 20.3 Å². The molecule has 0 aliphatic heterocycles. The van der Waals surface area contributed by atoms with Crippen molar-refractivity contribution in [3.8, 4) is 5.75 Å². The molecule has 1 heterocycles. The van der Waals surface area contributed by atoms with Crippen molar-refractivity contribution in [2.24, 2.45) is 0 Å². The minimum absolute atomic E-state index is 0.215. The van der Waals surface area contributed by atoms with Crippen LogP contribution in [0.15, 0.2) is 18.2 Å². The number of aromatic amines is 1. The lowest BCUT2D eigenvalue weighted by Crippen LogP contribution is -2.08. The summed E-state index contributed by atoms with van der Waals surface area (Å²) >= 11 is 0. The van der Waals surface area contributed by atoms with Gasteiger partial charge in [-0.05, 0) is 31.5 Å². The van der Waals surface area contributed by atoms with Gasteiger partial charge in [-0.25, -0.2) is 0 Å². The molecule has 2 aromatic rings. The number of hydrogen-bond acceptors (Lipinski definition) is 3. The van der Waals surface area contributed by atoms with E-state index in [2.05, 4.69) is 4.98 Å². The molecule has 1 aromatic heterocycles. The Hall–Kier alpha value is -1.97. The van der Waals surface area contributed by atoms with Gasteiger partial charge in [0.1, 0.15) is 5.75 Å². The van der Waals surface area contributed by atoms with Gasteiger partial charge in [-0.3, -0.25) is 4.79 Å². The highest BCUT2D eigenvalue weighted by Gasteiger charge is 2.16. The Morgan fingerprint density at radius 1 is 1.39 bits per heavy atom. The van der Waals surface area contributed by atoms with E-state index in [-0.39, 0.29) is 12.4 Å². The molecule has 0 saturated carbocycles. The summed E-state index contributed by atoms with van der Waals surface area (Å²) < 4.78 is 10.3. The van der Waals surface area contributed by atoms with Crippen LogP contribution in [0.5, 0.6) is 5.75 Å². The van der Waals surface area contributed by atoms with E-state index in [4.69, 9.17) is 9.47 Å². The lowest BCUT2D eigenvalue weighted by molar-refractivity contribution is -0.142. The lowest BCUT2D eigenvalue weighted by atomic mass is 10.1. The third-order valence-corrected chi connectivity index (χ3v) is 2.95. The van der Waals surface area contributed by atoms with Crippen LogP contribution in [0, 0.1) is 6.92 Å². The first-order chi connectivity index (χ1) is 8.67. The number of hydrogen-bond donors (Lipinski definition) is 1. The molecule has 4 nitrogen and oxygen atoms in total. The topological polar surface area (TPSA) is 51.3 Å². The van der Waals surface area contributed by atoms with Gasteiger partial charge in [0.2, 0.25) is 0 Å². The van der Waals surface area contributed by atoms with Crippen molar-refractivity contribution in [3.63, 3.8) is 0 Å². The number of H-pyrrole nitrogens is 1. The number of ether oxygens (including phenoxy) is 2. The monoisotopic (exact) mass is 247 g/mol. The molecule has 0 bridgehead atoms. The van der Waals surface area contributed by atoms with E-state index in [1.165, 1.54) is 0 Å². The number of carbonyl (C=O) groups is 1. The van der Waals surface area contributed by atoms with Gasteiger partial charge in [-0.2, -0.15) is 0 Å². The van der Waals surface area contributed by atoms with E-state index in [1.807, 2.05) is 25.1 Å². The van der Waals surface area contributed by atoms with E-state index in [0.29, 0.717) is 6.61 Å². The molecule has 0 aliphatic carbocycles. The fourth-order valence-corrected chi connectivity index (χ4v) is 2.16. The molecule has 0 atom stereocenters. The summed E-state index contributed by atoms with van der Waals surface area (Å²) in [5.41, 5.74) is 2.90. The second-order valence-corrected chi connectivity index (χ2v) is 4.09. The Bertz CT molecular complexity index is 572. The summed E-state index contributed by atoms with van der Waals surface area (Å²) in [6.45, 7) is 4.16. The second-order valence-electron chi connectivity index (χ2n) is 4.09. The quantitative estimate of drug-likeness (QED) is 0.845. The van der Waals surface area contributed by atoms with E-state index in [9.17, 15) is 4.79 Å². The minimum atomic E-state index is -0.215. The van der Waals surface area contributed by atoms with Gasteiger partial charge in [0.05, 0.1) is 20.1 Å². The number of benzene rings is 1. The minimum Gasteiger partial charge on any atom is -0.496 e. The highest BCUT2D eigenvalue weighted by molar-refractivity contribution is 5.93. The van der Waals surface area contributed by atoms with Crippen LogP contribution in [0.25, 0.3) is 10.9 Å². The van der Waals surface area contributed by atoms with Gasteiger partial charge in [-0.1, -0.05) is 6.07 Å². The Labute approximate surface area is 106 Å². The molecule has 0 radical (unpaired) electrons. The average Bonchev–Trinajstić information content (AvgIpc) is 2.66. The summed E-state index contributed by atoms with van der Waals surface area (Å²) in [5, 5.41) is 0.963. The normalized spacial score (nSPS) is 10.6. The zero-order chi connectivity index (χ0) is 13.1. The Morgan fingerprint density at radius 2 is 2.17 bits per heavy atom. The van der Waals surface area contributed by atoms with Crippen LogP contribution >= 0.6 is 0 Å². The van der Waals surface area contributed by atoms with Gasteiger partial charge < -0.3 is 14.5 Å². The van der Waals surface area contributed by atoms with Crippen molar-refractivity contribution >= 4 is 16.9 Å². The van der Waals surface area contributed by atoms with Crippen LogP contribution in [-0.2, 0) is 16.0 Å². The predicted octanol–water partition coefficient (Wildman–Crippen LogP) is 2.59. The zero-order valence-corrected chi connectivity index (χ0v) is 10.9. The van der Waals surface area contributed by atoms with E-state index < -0.39 is 0 Å². The Kier molecular flexibility index (Phi) is 3.55. The van der Waals surface area contributed by atoms with Gasteiger partial charge in [0, 0.05) is 16.6 Å². The van der Waals surface area contributed by atoms with Crippen LogP contribution in [0.2, 0.25) is 0 Å². The summed E-state index contributed by atoms with van der Waals surface area (Å²) in [5.74, 6) is 0.559. The van der Waals surface area contributed by atoms with Gasteiger partial charge in [-0.15, -0.1) is 0 Å². The molecule has 1 aromatic carbocycles. The summed E-state index contributed by atoms with van der Waals surface area (Å²) in [6.07, 6.45) is 0.264. The molecule has 0 saturated heterocycles. The number of esters is 1. The number of rotatable bonds is 4. The fraction of sp³-hybridized carbons (Fsp3) is 0.357. The van der Waals surface area contributed by atoms with Crippen LogP contribution in [0.3, 0.4) is 0 Å². The van der Waals surface area contributed by atoms with E-state index in [1.54, 1.807) is 14.0 Å². The maximum absolute atomic E-state index is 11.6. The number of methoxy groups -OCH3 is 1. The van der Waals surface area contributed by atoms with Crippen LogP contribution in [0.4, 0.5) is 0 Å². The summed E-state index contributed by atoms with van der Waals surface area (Å²) in [6, 6.07) is 5.79. The molecule has 0 amide bonds. The van der Waals surface area contributed by atoms with E-state index in [0.717, 1.165) is 27.9 Å². The standard InChI is InChI=1S/C14H17NO3/c1-4-18-13(16)8-10-9(2)15-11-6-5-7-12(17-3)14(10)11/h5-7,15H,4,8H2,1-3H3. The van der Waals surface area contributed by atoms with Crippen LogP contribution in [-0.4, -0.2) is 24.7 Å². The maximum Gasteiger partial charge on any atom is 0.310 e. The second kappa shape index (κ2) is 5.12. The van der Waals surface area contributed by atoms with Crippen LogP contribution < -0.4 is 4.74 Å². The molecule has 0 aliphatic rings. The molecule has 2 rings (SSSR count). The number of carbonyl (C=O) groups excluding carboxylic acids is 1. The number of fused-ring (bicyclic) bond motifs is 1. The molecule has 0 fully saturated rings. The maximum atomic E-state index is 11.6. The smallest absolute Gasteiger partial charge is 0.310 e. The highest BCUT2D eigenvalue weighted by atomic mass is 16.5. The zero-order valence-electron chi connectivity index (χ0n) is 10.9. The number of nitrogens with one attached hydrogen (secondary N) is 1. The van der Waals surface area contributed by atoms with Gasteiger partial charge >= 0.3 is 5.97 Å². The third kappa shape index (κ3) is 2.18. The first-order valence-electron chi connectivity index (χ1n) is 5.97. The van der Waals surface area contributed by atoms with Crippen molar-refractivity contribution in [2.75, 3.05) is 13.7 Å². The third-order valence-electron chi connectivity index (χ3n) is 2.95. The lowest BCUT2D eigenvalue weighted by Gasteiger charge is -2.05. The molecule has 18 heavy (non-hydrogen) atoms. The van der Waals surface area contributed by atoms with Crippen molar-refractivity contribution in [3.05, 3.63) is 29.5 Å². The van der Waals surface area contributed by atoms with Crippen molar-refractivity contribution in [1.29, 1.82) is 0 Å². The summed E-state index contributed by atoms with van der Waals surface area (Å²) in [4.78, 5) is 14.9. The molecular formula is C14H17NO3. The molecule has 4 heteroatoms. The number of aryl methyl sites for hydroxylation is 1. The SMILES string of the molecule is CCOC(=O)Cc1c(C)[nH]c2cccc(OC)c12. The molecule has 96 valence electrons.